The Balaban J connectivity index is 2.05. The number of aromatic nitrogens is 1. The minimum absolute atomic E-state index is 0.300. The van der Waals surface area contributed by atoms with Gasteiger partial charge in [0.25, 0.3) is 0 Å². The minimum atomic E-state index is -0.300. The van der Waals surface area contributed by atoms with Crippen LogP contribution in [0.5, 0.6) is 11.5 Å². The molecule has 3 rings (SSSR count). The van der Waals surface area contributed by atoms with E-state index < -0.39 is 0 Å². The zero-order chi connectivity index (χ0) is 14.7. The number of halogens is 1. The van der Waals surface area contributed by atoms with E-state index in [1.807, 2.05) is 30.3 Å². The molecule has 0 atom stereocenters. The summed E-state index contributed by atoms with van der Waals surface area (Å²) in [7, 11) is 0. The summed E-state index contributed by atoms with van der Waals surface area (Å²) < 4.78 is 19.8. The Labute approximate surface area is 122 Å². The van der Waals surface area contributed by atoms with Crippen molar-refractivity contribution in [1.29, 1.82) is 0 Å². The second kappa shape index (κ2) is 5.89. The normalized spacial score (nSPS) is 10.8. The molecule has 1 aromatic heterocycles. The molecule has 1 heterocycles. The van der Waals surface area contributed by atoms with E-state index >= 15 is 0 Å². The predicted octanol–water partition coefficient (Wildman–Crippen LogP) is 3.67. The Kier molecular flexibility index (Phi) is 3.79. The molecule has 0 fully saturated rings. The van der Waals surface area contributed by atoms with Crippen LogP contribution in [-0.4, -0.2) is 11.5 Å². The van der Waals surface area contributed by atoms with Crippen LogP contribution in [0.15, 0.2) is 54.7 Å². The molecule has 0 saturated carbocycles. The minimum Gasteiger partial charge on any atom is -0.455 e. The molecule has 0 bridgehead atoms. The second-order valence-electron chi connectivity index (χ2n) is 4.69. The summed E-state index contributed by atoms with van der Waals surface area (Å²) in [5, 5.41) is 0.978. The third-order valence-electron chi connectivity index (χ3n) is 3.29. The highest BCUT2D eigenvalue weighted by Gasteiger charge is 2.11. The molecular formula is C17H15FN2O. The van der Waals surface area contributed by atoms with E-state index in [1.165, 1.54) is 6.07 Å². The van der Waals surface area contributed by atoms with Crippen molar-refractivity contribution in [2.45, 2.75) is 6.42 Å². The first-order chi connectivity index (χ1) is 10.3. The van der Waals surface area contributed by atoms with Crippen LogP contribution in [0.4, 0.5) is 4.39 Å². The van der Waals surface area contributed by atoms with Crippen LogP contribution in [0.25, 0.3) is 10.9 Å². The number of hydrogen-bond acceptors (Lipinski definition) is 3. The van der Waals surface area contributed by atoms with E-state index in [2.05, 4.69) is 4.98 Å². The van der Waals surface area contributed by atoms with Crippen LogP contribution in [0.1, 0.15) is 5.56 Å². The number of hydrogen-bond donors (Lipinski definition) is 1. The summed E-state index contributed by atoms with van der Waals surface area (Å²) in [6.45, 7) is 0.366. The maximum absolute atomic E-state index is 13.9. The van der Waals surface area contributed by atoms with Crippen molar-refractivity contribution in [3.05, 3.63) is 66.1 Å². The summed E-state index contributed by atoms with van der Waals surface area (Å²) in [4.78, 5) is 4.33. The Morgan fingerprint density at radius 3 is 2.62 bits per heavy atom. The molecular weight excluding hydrogens is 267 g/mol. The van der Waals surface area contributed by atoms with Crippen LogP contribution in [-0.2, 0) is 6.42 Å². The van der Waals surface area contributed by atoms with Crippen molar-refractivity contribution >= 4 is 10.9 Å². The zero-order valence-electron chi connectivity index (χ0n) is 11.4. The van der Waals surface area contributed by atoms with Crippen LogP contribution in [0.2, 0.25) is 0 Å². The van der Waals surface area contributed by atoms with Gasteiger partial charge in [-0.25, -0.2) is 4.39 Å². The number of fused-ring (bicyclic) bond motifs is 1. The smallest absolute Gasteiger partial charge is 0.153 e. The van der Waals surface area contributed by atoms with Gasteiger partial charge in [-0.15, -0.1) is 0 Å². The number of nitrogens with two attached hydrogens (primary N) is 1. The average Bonchev–Trinajstić information content (AvgIpc) is 2.51. The van der Waals surface area contributed by atoms with Crippen molar-refractivity contribution in [2.75, 3.05) is 6.54 Å². The molecule has 0 aliphatic heterocycles. The number of para-hydroxylation sites is 1. The maximum Gasteiger partial charge on any atom is 0.153 e. The van der Waals surface area contributed by atoms with Gasteiger partial charge in [-0.2, -0.15) is 0 Å². The van der Waals surface area contributed by atoms with E-state index in [4.69, 9.17) is 10.5 Å². The lowest BCUT2D eigenvalue weighted by molar-refractivity contribution is 0.471. The molecule has 21 heavy (non-hydrogen) atoms. The SMILES string of the molecule is NCCc1c(F)cccc1Oc1cccc2cccnc12. The summed E-state index contributed by atoms with van der Waals surface area (Å²) >= 11 is 0. The van der Waals surface area contributed by atoms with Crippen LogP contribution < -0.4 is 10.5 Å². The molecule has 0 unspecified atom stereocenters. The van der Waals surface area contributed by atoms with Crippen LogP contribution in [0.3, 0.4) is 0 Å². The van der Waals surface area contributed by atoms with Crippen molar-refractivity contribution < 1.29 is 9.13 Å². The van der Waals surface area contributed by atoms with Gasteiger partial charge in [0.05, 0.1) is 0 Å². The monoisotopic (exact) mass is 282 g/mol. The first-order valence-electron chi connectivity index (χ1n) is 6.78. The Bertz CT molecular complexity index is 768. The molecule has 3 aromatic rings. The summed E-state index contributed by atoms with van der Waals surface area (Å²) in [5.41, 5.74) is 6.79. The van der Waals surface area contributed by atoms with Crippen molar-refractivity contribution in [3.8, 4) is 11.5 Å². The molecule has 3 nitrogen and oxygen atoms in total. The molecule has 0 aliphatic carbocycles. The first kappa shape index (κ1) is 13.5. The van der Waals surface area contributed by atoms with Gasteiger partial charge in [-0.3, -0.25) is 4.98 Å². The molecule has 0 saturated heterocycles. The van der Waals surface area contributed by atoms with Crippen molar-refractivity contribution in [1.82, 2.24) is 4.98 Å². The second-order valence-corrected chi connectivity index (χ2v) is 4.69. The average molecular weight is 282 g/mol. The number of ether oxygens (including phenoxy) is 1. The zero-order valence-corrected chi connectivity index (χ0v) is 11.4. The summed E-state index contributed by atoms with van der Waals surface area (Å²) in [6, 6.07) is 14.3. The van der Waals surface area contributed by atoms with Gasteiger partial charge in [-0.1, -0.05) is 24.3 Å². The van der Waals surface area contributed by atoms with Crippen LogP contribution in [0, 0.1) is 5.82 Å². The lowest BCUT2D eigenvalue weighted by atomic mass is 10.1. The summed E-state index contributed by atoms with van der Waals surface area (Å²) in [5.74, 6) is 0.793. The van der Waals surface area contributed by atoms with E-state index in [9.17, 15) is 4.39 Å². The Morgan fingerprint density at radius 2 is 1.76 bits per heavy atom. The van der Waals surface area contributed by atoms with Gasteiger partial charge < -0.3 is 10.5 Å². The standard InChI is InChI=1S/C17H15FN2O/c18-14-6-2-7-15(13(14)9-10-19)21-16-8-1-4-12-5-3-11-20-17(12)16/h1-8,11H,9-10,19H2. The van der Waals surface area contributed by atoms with Gasteiger partial charge >= 0.3 is 0 Å². The first-order valence-corrected chi connectivity index (χ1v) is 6.78. The fourth-order valence-electron chi connectivity index (χ4n) is 2.30. The molecule has 0 radical (unpaired) electrons. The fraction of sp³-hybridized carbons (Fsp3) is 0.118. The number of pyridine rings is 1. The molecule has 0 spiro atoms. The van der Waals surface area contributed by atoms with E-state index in [-0.39, 0.29) is 5.82 Å². The van der Waals surface area contributed by atoms with Crippen molar-refractivity contribution in [2.24, 2.45) is 5.73 Å². The molecule has 4 heteroatoms. The highest BCUT2D eigenvalue weighted by molar-refractivity contribution is 5.84. The molecule has 0 aliphatic rings. The van der Waals surface area contributed by atoms with E-state index in [0.717, 1.165) is 10.9 Å². The van der Waals surface area contributed by atoms with Gasteiger partial charge in [0.1, 0.15) is 17.1 Å². The topological polar surface area (TPSA) is 48.1 Å². The lowest BCUT2D eigenvalue weighted by Gasteiger charge is -2.12. The third kappa shape index (κ3) is 2.71. The molecule has 2 N–H and O–H groups in total. The fourth-order valence-corrected chi connectivity index (χ4v) is 2.30. The van der Waals surface area contributed by atoms with Crippen LogP contribution >= 0.6 is 0 Å². The lowest BCUT2D eigenvalue weighted by Crippen LogP contribution is -2.06. The Morgan fingerprint density at radius 1 is 1.00 bits per heavy atom. The Hall–Kier alpha value is -2.46. The van der Waals surface area contributed by atoms with Gasteiger partial charge in [0, 0.05) is 17.1 Å². The van der Waals surface area contributed by atoms with Gasteiger partial charge in [0.2, 0.25) is 0 Å². The number of rotatable bonds is 4. The highest BCUT2D eigenvalue weighted by Crippen LogP contribution is 2.31. The maximum atomic E-state index is 13.9. The highest BCUT2D eigenvalue weighted by atomic mass is 19.1. The number of benzene rings is 2. The van der Waals surface area contributed by atoms with E-state index in [1.54, 1.807) is 18.3 Å². The third-order valence-corrected chi connectivity index (χ3v) is 3.29. The molecule has 106 valence electrons. The quantitative estimate of drug-likeness (QED) is 0.794. The van der Waals surface area contributed by atoms with Crippen molar-refractivity contribution in [3.63, 3.8) is 0 Å². The molecule has 0 amide bonds. The molecule has 2 aromatic carbocycles. The summed E-state index contributed by atoms with van der Waals surface area (Å²) in [6.07, 6.45) is 2.14. The largest absolute Gasteiger partial charge is 0.455 e. The van der Waals surface area contributed by atoms with E-state index in [0.29, 0.717) is 30.0 Å². The number of nitrogens with zero attached hydrogens (tertiary/aromatic N) is 1. The van der Waals surface area contributed by atoms with Gasteiger partial charge in [0.15, 0.2) is 5.75 Å². The predicted molar refractivity (Wildman–Crippen MR) is 81.0 cm³/mol. The van der Waals surface area contributed by atoms with Gasteiger partial charge in [-0.05, 0) is 37.2 Å².